The number of benzene rings is 1. The van der Waals surface area contributed by atoms with E-state index in [9.17, 15) is 15.0 Å². The maximum absolute atomic E-state index is 12.6. The van der Waals surface area contributed by atoms with Gasteiger partial charge in [0, 0.05) is 36.4 Å². The zero-order valence-electron chi connectivity index (χ0n) is 26.8. The van der Waals surface area contributed by atoms with Crippen LogP contribution in [0.5, 0.6) is 0 Å². The standard InChI is InChI=1S/C38H49NO6/c1-23-33-30-19-25(18-24-10-4-3-5-11-24)20-31(34(41)28-15-8-14-27(21-28)26-12-6-7-13-26)39(30)17-9-16-32(33)44-35(23)37-36(43-2)29(22-40)38(42)45-37/h3-5,8,10-11,15-16,23,25-28,30-31,33-34,40-41H,6-7,9,12-14,17-22H2,1-2H3/t23-,25-,27+,28+,30-,31-,33+,34-/m0/s1. The van der Waals surface area contributed by atoms with Crippen molar-refractivity contribution in [1.29, 1.82) is 0 Å². The fraction of sp³-hybridized carbons (Fsp3) is 0.605. The lowest BCUT2D eigenvalue weighted by atomic mass is 9.70. The lowest BCUT2D eigenvalue weighted by Crippen LogP contribution is -2.58. The molecule has 7 heteroatoms. The van der Waals surface area contributed by atoms with Crippen LogP contribution in [0.15, 0.2) is 77.2 Å². The number of aliphatic hydroxyl groups excluding tert-OH is 2. The molecule has 0 unspecified atom stereocenters. The van der Waals surface area contributed by atoms with E-state index in [1.807, 2.05) is 0 Å². The van der Waals surface area contributed by atoms with Crippen LogP contribution in [0, 0.1) is 35.5 Å². The van der Waals surface area contributed by atoms with Crippen molar-refractivity contribution >= 4 is 5.97 Å². The van der Waals surface area contributed by atoms with Crippen molar-refractivity contribution < 1.29 is 29.2 Å². The highest BCUT2D eigenvalue weighted by Gasteiger charge is 2.52. The van der Waals surface area contributed by atoms with E-state index in [1.54, 1.807) is 0 Å². The Labute approximate surface area is 267 Å². The molecule has 0 radical (unpaired) electrons. The number of ether oxygens (including phenoxy) is 3. The van der Waals surface area contributed by atoms with Gasteiger partial charge in [-0.3, -0.25) is 4.90 Å². The summed E-state index contributed by atoms with van der Waals surface area (Å²) in [6, 6.07) is 11.0. The van der Waals surface area contributed by atoms with Gasteiger partial charge in [-0.25, -0.2) is 4.79 Å². The number of allylic oxidation sites excluding steroid dienone is 2. The van der Waals surface area contributed by atoms with E-state index in [2.05, 4.69) is 60.4 Å². The van der Waals surface area contributed by atoms with Gasteiger partial charge >= 0.3 is 5.97 Å². The molecule has 8 atom stereocenters. The normalized spacial score (nSPS) is 36.2. The van der Waals surface area contributed by atoms with Crippen LogP contribution in [-0.4, -0.2) is 59.5 Å². The third-order valence-corrected chi connectivity index (χ3v) is 11.8. The van der Waals surface area contributed by atoms with Crippen molar-refractivity contribution in [3.05, 3.63) is 82.7 Å². The maximum Gasteiger partial charge on any atom is 0.345 e. The molecule has 0 spiro atoms. The number of cyclic esters (lactones) is 1. The van der Waals surface area contributed by atoms with Crippen LogP contribution in [0.25, 0.3) is 0 Å². The highest BCUT2D eigenvalue weighted by molar-refractivity contribution is 5.94. The predicted molar refractivity (Wildman–Crippen MR) is 171 cm³/mol. The van der Waals surface area contributed by atoms with Crippen molar-refractivity contribution in [2.45, 2.75) is 89.3 Å². The van der Waals surface area contributed by atoms with E-state index >= 15 is 0 Å². The highest BCUT2D eigenvalue weighted by atomic mass is 16.6. The van der Waals surface area contributed by atoms with Crippen LogP contribution in [0.4, 0.5) is 0 Å². The first-order valence-corrected chi connectivity index (χ1v) is 17.3. The number of carbonyl (C=O) groups excluding carboxylic acids is 1. The van der Waals surface area contributed by atoms with Gasteiger partial charge in [-0.05, 0) is 67.9 Å². The molecule has 4 heterocycles. The van der Waals surface area contributed by atoms with E-state index in [0.717, 1.165) is 56.7 Å². The summed E-state index contributed by atoms with van der Waals surface area (Å²) in [6.07, 6.45) is 17.9. The first-order valence-electron chi connectivity index (χ1n) is 17.3. The Bertz CT molecular complexity index is 1370. The molecule has 242 valence electrons. The molecule has 2 saturated heterocycles. The lowest BCUT2D eigenvalue weighted by molar-refractivity contribution is -0.133. The largest absolute Gasteiger partial charge is 0.492 e. The molecule has 4 aliphatic heterocycles. The van der Waals surface area contributed by atoms with E-state index < -0.39 is 18.7 Å². The lowest BCUT2D eigenvalue weighted by Gasteiger charge is -2.50. The molecule has 0 bridgehead atoms. The van der Waals surface area contributed by atoms with Crippen molar-refractivity contribution in [2.24, 2.45) is 35.5 Å². The number of methoxy groups -OCH3 is 1. The van der Waals surface area contributed by atoms with Gasteiger partial charge in [0.05, 0.1) is 19.8 Å². The summed E-state index contributed by atoms with van der Waals surface area (Å²) >= 11 is 0. The topological polar surface area (TPSA) is 88.5 Å². The number of aliphatic hydroxyl groups is 2. The number of piperidine rings is 1. The minimum Gasteiger partial charge on any atom is -0.492 e. The number of rotatable bonds is 7. The van der Waals surface area contributed by atoms with Gasteiger partial charge in [0.2, 0.25) is 5.76 Å². The minimum absolute atomic E-state index is 0.0609. The molecule has 3 fully saturated rings. The summed E-state index contributed by atoms with van der Waals surface area (Å²) in [4.78, 5) is 15.2. The Kier molecular flexibility index (Phi) is 8.95. The number of carbonyl (C=O) groups is 1. The summed E-state index contributed by atoms with van der Waals surface area (Å²) in [6.45, 7) is 2.59. The van der Waals surface area contributed by atoms with Gasteiger partial charge in [0.25, 0.3) is 0 Å². The molecule has 7 nitrogen and oxygen atoms in total. The van der Waals surface area contributed by atoms with E-state index in [0.29, 0.717) is 17.6 Å². The zero-order chi connectivity index (χ0) is 31.1. The third-order valence-electron chi connectivity index (χ3n) is 11.8. The van der Waals surface area contributed by atoms with Gasteiger partial charge in [0.1, 0.15) is 11.3 Å². The highest BCUT2D eigenvalue weighted by Crippen LogP contribution is 2.51. The smallest absolute Gasteiger partial charge is 0.345 e. The van der Waals surface area contributed by atoms with E-state index in [-0.39, 0.29) is 46.9 Å². The van der Waals surface area contributed by atoms with Crippen LogP contribution in [0.1, 0.15) is 70.3 Å². The van der Waals surface area contributed by atoms with Crippen LogP contribution < -0.4 is 0 Å². The summed E-state index contributed by atoms with van der Waals surface area (Å²) in [5, 5.41) is 22.1. The number of hydrogen-bond donors (Lipinski definition) is 2. The Morgan fingerprint density at radius 3 is 2.62 bits per heavy atom. The third kappa shape index (κ3) is 5.81. The van der Waals surface area contributed by atoms with Crippen molar-refractivity contribution in [3.63, 3.8) is 0 Å². The quantitative estimate of drug-likeness (QED) is 0.286. The van der Waals surface area contributed by atoms with Crippen molar-refractivity contribution in [3.8, 4) is 0 Å². The molecule has 6 aliphatic rings. The maximum atomic E-state index is 12.6. The second kappa shape index (κ2) is 13.1. The Morgan fingerprint density at radius 2 is 1.87 bits per heavy atom. The Balaban J connectivity index is 1.20. The molecule has 1 saturated carbocycles. The predicted octanol–water partition coefficient (Wildman–Crippen LogP) is 6.04. The molecule has 1 aromatic rings. The molecule has 7 rings (SSSR count). The van der Waals surface area contributed by atoms with Crippen molar-refractivity contribution in [1.82, 2.24) is 4.90 Å². The van der Waals surface area contributed by atoms with Crippen molar-refractivity contribution in [2.75, 3.05) is 20.3 Å². The monoisotopic (exact) mass is 615 g/mol. The van der Waals surface area contributed by atoms with E-state index in [1.165, 1.54) is 38.4 Å². The molecule has 45 heavy (non-hydrogen) atoms. The van der Waals surface area contributed by atoms with E-state index in [4.69, 9.17) is 14.2 Å². The first-order chi connectivity index (χ1) is 22.0. The van der Waals surface area contributed by atoms with Gasteiger partial charge < -0.3 is 24.4 Å². The SMILES string of the molecule is COC1=C(CO)C(=O)OC1=C1OC2=CCCN3[C@H]([C@@H](O)[C@@H]4C=CC[C@@H](C5CCCC5)C4)C[C@@H](Cc4ccccc4)C[C@H]3[C@H]2[C@@H]1C. The average Bonchev–Trinajstić information content (AvgIpc) is 3.76. The van der Waals surface area contributed by atoms with Gasteiger partial charge in [-0.2, -0.15) is 0 Å². The van der Waals surface area contributed by atoms with Crippen LogP contribution in [0.2, 0.25) is 0 Å². The molecule has 0 aromatic heterocycles. The second-order valence-electron chi connectivity index (χ2n) is 14.3. The minimum atomic E-state index is -0.587. The molecular weight excluding hydrogens is 566 g/mol. The number of hydrogen-bond acceptors (Lipinski definition) is 7. The fourth-order valence-electron chi connectivity index (χ4n) is 9.69. The summed E-state index contributed by atoms with van der Waals surface area (Å²) in [7, 11) is 1.49. The second-order valence-corrected chi connectivity index (χ2v) is 14.3. The zero-order valence-corrected chi connectivity index (χ0v) is 26.8. The van der Waals surface area contributed by atoms with Crippen LogP contribution in [0.3, 0.4) is 0 Å². The van der Waals surface area contributed by atoms with Crippen LogP contribution >= 0.6 is 0 Å². The molecular formula is C38H49NO6. The molecule has 0 amide bonds. The summed E-state index contributed by atoms with van der Waals surface area (Å²) < 4.78 is 17.8. The molecule has 2 aliphatic carbocycles. The van der Waals surface area contributed by atoms with Crippen LogP contribution in [-0.2, 0) is 25.4 Å². The first kappa shape index (κ1) is 30.8. The summed E-state index contributed by atoms with van der Waals surface area (Å²) in [5.74, 6) is 3.58. The number of nitrogens with zero attached hydrogens (tertiary/aromatic N) is 1. The van der Waals surface area contributed by atoms with Gasteiger partial charge in [-0.1, -0.05) is 75.1 Å². The van der Waals surface area contributed by atoms with Gasteiger partial charge in [-0.15, -0.1) is 0 Å². The number of esters is 1. The molecule has 2 N–H and O–H groups in total. The fourth-order valence-corrected chi connectivity index (χ4v) is 9.69. The Hall–Kier alpha value is -2.87. The number of fused-ring (bicyclic) bond motifs is 3. The van der Waals surface area contributed by atoms with Gasteiger partial charge in [0.15, 0.2) is 11.5 Å². The summed E-state index contributed by atoms with van der Waals surface area (Å²) in [5.41, 5.74) is 1.47. The molecule has 1 aromatic carbocycles. The average molecular weight is 616 g/mol. The Morgan fingerprint density at radius 1 is 1.07 bits per heavy atom.